The van der Waals surface area contributed by atoms with Crippen LogP contribution in [0.15, 0.2) is 18.2 Å². The molecule has 0 saturated heterocycles. The molecule has 0 aromatic carbocycles. The minimum absolute atomic E-state index is 0.617. The van der Waals surface area contributed by atoms with Gasteiger partial charge in [0.15, 0.2) is 5.65 Å². The van der Waals surface area contributed by atoms with Crippen LogP contribution in [0.1, 0.15) is 32.4 Å². The van der Waals surface area contributed by atoms with E-state index in [2.05, 4.69) is 41.2 Å². The number of fused-ring (bicyclic) bond motifs is 1. The van der Waals surface area contributed by atoms with Gasteiger partial charge in [0.05, 0.1) is 0 Å². The van der Waals surface area contributed by atoms with Crippen LogP contribution >= 0.6 is 0 Å². The van der Waals surface area contributed by atoms with E-state index in [0.29, 0.717) is 6.04 Å². The van der Waals surface area contributed by atoms with Gasteiger partial charge < -0.3 is 10.2 Å². The molecular weight excluding hydrogens is 250 g/mol. The van der Waals surface area contributed by atoms with Crippen molar-refractivity contribution in [3.8, 4) is 0 Å². The molecule has 0 aliphatic rings. The lowest BCUT2D eigenvalue weighted by molar-refractivity contribution is 0.269. The Kier molecular flexibility index (Phi) is 4.95. The summed E-state index contributed by atoms with van der Waals surface area (Å²) in [4.78, 5) is 6.83. The fraction of sp³-hybridized carbons (Fsp3) is 0.600. The summed E-state index contributed by atoms with van der Waals surface area (Å²) in [5.74, 6) is 0.719. The highest BCUT2D eigenvalue weighted by atomic mass is 15.3. The zero-order chi connectivity index (χ0) is 14.5. The van der Waals surface area contributed by atoms with Crippen LogP contribution in [0.2, 0.25) is 0 Å². The Hall–Kier alpha value is -1.62. The third kappa shape index (κ3) is 3.70. The normalized spacial score (nSPS) is 11.7. The molecule has 2 aromatic heterocycles. The number of nitrogens with one attached hydrogen (secondary N) is 1. The summed E-state index contributed by atoms with van der Waals surface area (Å²) in [6.45, 7) is 8.54. The summed E-state index contributed by atoms with van der Waals surface area (Å²) in [5.41, 5.74) is 1.99. The number of unbranched alkanes of at least 4 members (excludes halogenated alkanes) is 1. The topological polar surface area (TPSA) is 45.5 Å². The predicted octanol–water partition coefficient (Wildman–Crippen LogP) is 2.57. The molecule has 0 aliphatic carbocycles. The summed E-state index contributed by atoms with van der Waals surface area (Å²) in [6.07, 6.45) is 2.32. The second-order valence-corrected chi connectivity index (χ2v) is 5.58. The third-order valence-electron chi connectivity index (χ3n) is 3.65. The SMILES string of the molecule is Cc1cccc2nc(NCCCCN(C)C(C)C)nn12. The van der Waals surface area contributed by atoms with Gasteiger partial charge in [0.2, 0.25) is 5.95 Å². The van der Waals surface area contributed by atoms with Crippen LogP contribution in [-0.4, -0.2) is 45.7 Å². The van der Waals surface area contributed by atoms with Gasteiger partial charge in [-0.05, 0) is 59.3 Å². The van der Waals surface area contributed by atoms with Crippen molar-refractivity contribution in [3.05, 3.63) is 23.9 Å². The molecule has 2 rings (SSSR count). The van der Waals surface area contributed by atoms with Gasteiger partial charge in [-0.25, -0.2) is 4.52 Å². The summed E-state index contributed by atoms with van der Waals surface area (Å²) >= 11 is 0. The van der Waals surface area contributed by atoms with E-state index >= 15 is 0 Å². The summed E-state index contributed by atoms with van der Waals surface area (Å²) in [7, 11) is 2.17. The zero-order valence-electron chi connectivity index (χ0n) is 12.9. The Labute approximate surface area is 121 Å². The highest BCUT2D eigenvalue weighted by Gasteiger charge is 2.05. The lowest BCUT2D eigenvalue weighted by Crippen LogP contribution is -2.27. The molecule has 20 heavy (non-hydrogen) atoms. The largest absolute Gasteiger partial charge is 0.353 e. The van der Waals surface area contributed by atoms with Gasteiger partial charge in [0, 0.05) is 18.3 Å². The van der Waals surface area contributed by atoms with Gasteiger partial charge in [-0.1, -0.05) is 6.07 Å². The van der Waals surface area contributed by atoms with Crippen LogP contribution in [0.25, 0.3) is 5.65 Å². The predicted molar refractivity (Wildman–Crippen MR) is 83.2 cm³/mol. The minimum atomic E-state index is 0.617. The highest BCUT2D eigenvalue weighted by molar-refractivity contribution is 5.44. The van der Waals surface area contributed by atoms with Gasteiger partial charge in [0.25, 0.3) is 0 Å². The van der Waals surface area contributed by atoms with Crippen LogP contribution < -0.4 is 5.32 Å². The van der Waals surface area contributed by atoms with E-state index in [1.165, 1.54) is 6.42 Å². The van der Waals surface area contributed by atoms with Crippen LogP contribution in [-0.2, 0) is 0 Å². The van der Waals surface area contributed by atoms with Crippen molar-refractivity contribution in [1.82, 2.24) is 19.5 Å². The van der Waals surface area contributed by atoms with Crippen molar-refractivity contribution >= 4 is 11.6 Å². The lowest BCUT2D eigenvalue weighted by atomic mass is 10.2. The van der Waals surface area contributed by atoms with E-state index in [1.54, 1.807) is 0 Å². The number of anilines is 1. The van der Waals surface area contributed by atoms with Crippen LogP contribution in [0.5, 0.6) is 0 Å². The number of aryl methyl sites for hydroxylation is 1. The molecule has 0 radical (unpaired) electrons. The maximum absolute atomic E-state index is 4.46. The van der Waals surface area contributed by atoms with E-state index in [4.69, 9.17) is 0 Å². The van der Waals surface area contributed by atoms with Gasteiger partial charge in [0.1, 0.15) is 0 Å². The van der Waals surface area contributed by atoms with E-state index in [9.17, 15) is 0 Å². The van der Waals surface area contributed by atoms with E-state index in [1.807, 2.05) is 29.6 Å². The van der Waals surface area contributed by atoms with Gasteiger partial charge in [-0.15, -0.1) is 5.10 Å². The third-order valence-corrected chi connectivity index (χ3v) is 3.65. The van der Waals surface area contributed by atoms with E-state index in [-0.39, 0.29) is 0 Å². The first kappa shape index (κ1) is 14.8. The average molecular weight is 275 g/mol. The van der Waals surface area contributed by atoms with Crippen molar-refractivity contribution in [2.24, 2.45) is 0 Å². The maximum Gasteiger partial charge on any atom is 0.243 e. The number of hydrogen-bond acceptors (Lipinski definition) is 4. The van der Waals surface area contributed by atoms with Crippen molar-refractivity contribution in [3.63, 3.8) is 0 Å². The molecule has 0 spiro atoms. The van der Waals surface area contributed by atoms with E-state index < -0.39 is 0 Å². The molecule has 0 amide bonds. The Morgan fingerprint density at radius 2 is 2.10 bits per heavy atom. The molecule has 0 atom stereocenters. The quantitative estimate of drug-likeness (QED) is 0.789. The summed E-state index contributed by atoms with van der Waals surface area (Å²) in [5, 5.41) is 7.76. The number of aromatic nitrogens is 3. The van der Waals surface area contributed by atoms with Crippen LogP contribution in [0.3, 0.4) is 0 Å². The first-order chi connectivity index (χ1) is 9.58. The molecule has 0 aliphatic heterocycles. The molecule has 1 N–H and O–H groups in total. The Balaban J connectivity index is 1.77. The first-order valence-electron chi connectivity index (χ1n) is 7.34. The molecule has 110 valence electrons. The standard InChI is InChI=1S/C15H25N5/c1-12(2)19(4)11-6-5-10-16-15-17-14-9-7-8-13(3)20(14)18-15/h7-9,12H,5-6,10-11H2,1-4H3,(H,16,18). The smallest absolute Gasteiger partial charge is 0.243 e. The van der Waals surface area contributed by atoms with Crippen molar-refractivity contribution in [2.45, 2.75) is 39.7 Å². The minimum Gasteiger partial charge on any atom is -0.353 e. The summed E-state index contributed by atoms with van der Waals surface area (Å²) in [6, 6.07) is 6.63. The molecule has 5 heteroatoms. The molecule has 0 saturated carbocycles. The van der Waals surface area contributed by atoms with Gasteiger partial charge in [-0.2, -0.15) is 4.98 Å². The molecular formula is C15H25N5. The van der Waals surface area contributed by atoms with Crippen molar-refractivity contribution in [2.75, 3.05) is 25.5 Å². The second kappa shape index (κ2) is 6.70. The monoisotopic (exact) mass is 275 g/mol. The fourth-order valence-corrected chi connectivity index (χ4v) is 2.06. The first-order valence-corrected chi connectivity index (χ1v) is 7.34. The Bertz CT molecular complexity index is 546. The Morgan fingerprint density at radius 1 is 1.30 bits per heavy atom. The molecule has 0 bridgehead atoms. The number of rotatable bonds is 7. The number of pyridine rings is 1. The van der Waals surface area contributed by atoms with Crippen molar-refractivity contribution in [1.29, 1.82) is 0 Å². The lowest BCUT2D eigenvalue weighted by Gasteiger charge is -2.20. The number of hydrogen-bond donors (Lipinski definition) is 1. The molecule has 2 heterocycles. The maximum atomic E-state index is 4.46. The van der Waals surface area contributed by atoms with Crippen LogP contribution in [0.4, 0.5) is 5.95 Å². The van der Waals surface area contributed by atoms with E-state index in [0.717, 1.165) is 36.8 Å². The molecule has 0 unspecified atom stereocenters. The average Bonchev–Trinajstić information content (AvgIpc) is 2.82. The molecule has 5 nitrogen and oxygen atoms in total. The second-order valence-electron chi connectivity index (χ2n) is 5.58. The summed E-state index contributed by atoms with van der Waals surface area (Å²) < 4.78 is 1.87. The Morgan fingerprint density at radius 3 is 2.80 bits per heavy atom. The highest BCUT2D eigenvalue weighted by Crippen LogP contribution is 2.08. The fourth-order valence-electron chi connectivity index (χ4n) is 2.06. The van der Waals surface area contributed by atoms with Gasteiger partial charge in [-0.3, -0.25) is 0 Å². The molecule has 2 aromatic rings. The number of nitrogens with zero attached hydrogens (tertiary/aromatic N) is 4. The van der Waals surface area contributed by atoms with Crippen molar-refractivity contribution < 1.29 is 0 Å². The van der Waals surface area contributed by atoms with Crippen LogP contribution in [0, 0.1) is 6.92 Å². The molecule has 0 fully saturated rings. The van der Waals surface area contributed by atoms with Gasteiger partial charge >= 0.3 is 0 Å². The zero-order valence-corrected chi connectivity index (χ0v) is 12.9.